The Hall–Kier alpha value is -1.87. The van der Waals surface area contributed by atoms with Crippen LogP contribution in [0.4, 0.5) is 5.69 Å². The Balaban J connectivity index is 1.93. The van der Waals surface area contributed by atoms with E-state index in [1.54, 1.807) is 11.3 Å². The van der Waals surface area contributed by atoms with Gasteiger partial charge in [0.25, 0.3) is 0 Å². The summed E-state index contributed by atoms with van der Waals surface area (Å²) in [5, 5.41) is 1.14. The van der Waals surface area contributed by atoms with Crippen LogP contribution in [0.2, 0.25) is 0 Å². The van der Waals surface area contributed by atoms with Crippen molar-refractivity contribution in [2.45, 2.75) is 13.3 Å². The Kier molecular flexibility index (Phi) is 2.76. The molecule has 18 heavy (non-hydrogen) atoms. The molecular formula is C15H14N2S. The smallest absolute Gasteiger partial charge is 0.0982 e. The van der Waals surface area contributed by atoms with Crippen LogP contribution in [0.15, 0.2) is 42.5 Å². The number of rotatable bonds is 2. The number of thiazole rings is 1. The van der Waals surface area contributed by atoms with E-state index < -0.39 is 0 Å². The average molecular weight is 254 g/mol. The van der Waals surface area contributed by atoms with Crippen molar-refractivity contribution < 1.29 is 0 Å². The van der Waals surface area contributed by atoms with E-state index in [2.05, 4.69) is 29.2 Å². The zero-order valence-corrected chi connectivity index (χ0v) is 11.0. The lowest BCUT2D eigenvalue weighted by molar-refractivity contribution is 1.15. The number of hydrogen-bond acceptors (Lipinski definition) is 3. The molecule has 0 spiro atoms. The maximum Gasteiger partial charge on any atom is 0.0982 e. The Morgan fingerprint density at radius 3 is 2.78 bits per heavy atom. The van der Waals surface area contributed by atoms with Crippen molar-refractivity contribution in [3.05, 3.63) is 58.6 Å². The predicted molar refractivity (Wildman–Crippen MR) is 78.0 cm³/mol. The zero-order chi connectivity index (χ0) is 12.5. The number of nitrogens with zero attached hydrogens (tertiary/aromatic N) is 1. The fourth-order valence-corrected chi connectivity index (χ4v) is 2.97. The number of fused-ring (bicyclic) bond motifs is 1. The first-order valence-corrected chi connectivity index (χ1v) is 6.73. The molecule has 0 atom stereocenters. The molecule has 2 N–H and O–H groups in total. The highest BCUT2D eigenvalue weighted by Crippen LogP contribution is 2.24. The Morgan fingerprint density at radius 2 is 2.00 bits per heavy atom. The first kappa shape index (κ1) is 11.2. The second-order valence-electron chi connectivity index (χ2n) is 4.44. The molecule has 0 aliphatic rings. The van der Waals surface area contributed by atoms with Gasteiger partial charge < -0.3 is 5.73 Å². The molecule has 0 unspecified atom stereocenters. The van der Waals surface area contributed by atoms with Crippen molar-refractivity contribution >= 4 is 27.2 Å². The maximum absolute atomic E-state index is 5.93. The SMILES string of the molecule is Cc1ccc(Cc2nc3ccccc3s2)cc1N. The van der Waals surface area contributed by atoms with Gasteiger partial charge in [0.2, 0.25) is 0 Å². The summed E-state index contributed by atoms with van der Waals surface area (Å²) < 4.78 is 1.24. The van der Waals surface area contributed by atoms with Crippen molar-refractivity contribution in [1.82, 2.24) is 4.98 Å². The highest BCUT2D eigenvalue weighted by atomic mass is 32.1. The molecular weight excluding hydrogens is 240 g/mol. The lowest BCUT2D eigenvalue weighted by Gasteiger charge is -2.02. The molecule has 3 heteroatoms. The second kappa shape index (κ2) is 4.42. The average Bonchev–Trinajstić information content (AvgIpc) is 2.76. The van der Waals surface area contributed by atoms with E-state index in [1.807, 2.05) is 25.1 Å². The Labute approximate surface area is 110 Å². The molecule has 0 fully saturated rings. The largest absolute Gasteiger partial charge is 0.399 e. The molecule has 0 amide bonds. The van der Waals surface area contributed by atoms with Crippen LogP contribution in [0.5, 0.6) is 0 Å². The predicted octanol–water partition coefficient (Wildman–Crippen LogP) is 3.78. The summed E-state index contributed by atoms with van der Waals surface area (Å²) in [5.74, 6) is 0. The van der Waals surface area contributed by atoms with Crippen LogP contribution in [-0.4, -0.2) is 4.98 Å². The molecule has 0 saturated heterocycles. The lowest BCUT2D eigenvalue weighted by Crippen LogP contribution is -1.93. The van der Waals surface area contributed by atoms with Crippen LogP contribution < -0.4 is 5.73 Å². The van der Waals surface area contributed by atoms with Crippen LogP contribution in [0.1, 0.15) is 16.1 Å². The van der Waals surface area contributed by atoms with Gasteiger partial charge in [-0.05, 0) is 36.2 Å². The number of benzene rings is 2. The van der Waals surface area contributed by atoms with Crippen LogP contribution in [0.25, 0.3) is 10.2 Å². The third-order valence-corrected chi connectivity index (χ3v) is 4.07. The van der Waals surface area contributed by atoms with Gasteiger partial charge in [-0.15, -0.1) is 11.3 Å². The summed E-state index contributed by atoms with van der Waals surface area (Å²) >= 11 is 1.75. The number of nitrogens with two attached hydrogens (primary N) is 1. The maximum atomic E-state index is 5.93. The highest BCUT2D eigenvalue weighted by molar-refractivity contribution is 7.18. The van der Waals surface area contributed by atoms with Crippen molar-refractivity contribution in [3.63, 3.8) is 0 Å². The van der Waals surface area contributed by atoms with Gasteiger partial charge in [0.1, 0.15) is 0 Å². The number of hydrogen-bond donors (Lipinski definition) is 1. The summed E-state index contributed by atoms with van der Waals surface area (Å²) in [6.07, 6.45) is 0.851. The van der Waals surface area contributed by atoms with E-state index in [9.17, 15) is 0 Å². The lowest BCUT2D eigenvalue weighted by atomic mass is 10.1. The van der Waals surface area contributed by atoms with Gasteiger partial charge in [-0.2, -0.15) is 0 Å². The number of aryl methyl sites for hydroxylation is 1. The first-order valence-electron chi connectivity index (χ1n) is 5.92. The topological polar surface area (TPSA) is 38.9 Å². The standard InChI is InChI=1S/C15H14N2S/c1-10-6-7-11(8-12(10)16)9-15-17-13-4-2-3-5-14(13)18-15/h2-8H,9,16H2,1H3. The fourth-order valence-electron chi connectivity index (χ4n) is 1.97. The fraction of sp³-hybridized carbons (Fsp3) is 0.133. The van der Waals surface area contributed by atoms with Gasteiger partial charge in [-0.25, -0.2) is 4.98 Å². The van der Waals surface area contributed by atoms with Crippen molar-refractivity contribution in [3.8, 4) is 0 Å². The molecule has 3 aromatic rings. The number of anilines is 1. The minimum atomic E-state index is 0.851. The second-order valence-corrected chi connectivity index (χ2v) is 5.56. The van der Waals surface area contributed by atoms with Crippen molar-refractivity contribution in [1.29, 1.82) is 0 Å². The Morgan fingerprint density at radius 1 is 1.17 bits per heavy atom. The minimum Gasteiger partial charge on any atom is -0.399 e. The van der Waals surface area contributed by atoms with Crippen LogP contribution in [0.3, 0.4) is 0 Å². The molecule has 0 saturated carbocycles. The summed E-state index contributed by atoms with van der Waals surface area (Å²) in [7, 11) is 0. The van der Waals surface area contributed by atoms with Gasteiger partial charge in [-0.1, -0.05) is 24.3 Å². The molecule has 0 radical (unpaired) electrons. The molecule has 3 rings (SSSR count). The summed E-state index contributed by atoms with van der Waals surface area (Å²) in [4.78, 5) is 4.64. The van der Waals surface area contributed by atoms with E-state index in [-0.39, 0.29) is 0 Å². The molecule has 0 bridgehead atoms. The number of para-hydroxylation sites is 1. The quantitative estimate of drug-likeness (QED) is 0.707. The van der Waals surface area contributed by atoms with Crippen molar-refractivity contribution in [2.75, 3.05) is 5.73 Å². The van der Waals surface area contributed by atoms with Gasteiger partial charge in [-0.3, -0.25) is 0 Å². The van der Waals surface area contributed by atoms with Gasteiger partial charge >= 0.3 is 0 Å². The van der Waals surface area contributed by atoms with Crippen LogP contribution in [0, 0.1) is 6.92 Å². The van der Waals surface area contributed by atoms with E-state index in [0.29, 0.717) is 0 Å². The molecule has 2 aromatic carbocycles. The third kappa shape index (κ3) is 2.09. The van der Waals surface area contributed by atoms with E-state index in [1.165, 1.54) is 10.3 Å². The minimum absolute atomic E-state index is 0.851. The highest BCUT2D eigenvalue weighted by Gasteiger charge is 2.05. The Bertz CT molecular complexity index is 668. The summed E-state index contributed by atoms with van der Waals surface area (Å²) in [6, 6.07) is 14.5. The van der Waals surface area contributed by atoms with Gasteiger partial charge in [0.15, 0.2) is 0 Å². The van der Waals surface area contributed by atoms with Gasteiger partial charge in [0, 0.05) is 12.1 Å². The van der Waals surface area contributed by atoms with E-state index >= 15 is 0 Å². The molecule has 0 aliphatic carbocycles. The molecule has 1 aromatic heterocycles. The van der Waals surface area contributed by atoms with Crippen LogP contribution >= 0.6 is 11.3 Å². The van der Waals surface area contributed by atoms with Gasteiger partial charge in [0.05, 0.1) is 15.2 Å². The molecule has 0 aliphatic heterocycles. The molecule has 2 nitrogen and oxygen atoms in total. The first-order chi connectivity index (χ1) is 8.72. The normalized spacial score (nSPS) is 10.9. The van der Waals surface area contributed by atoms with E-state index in [4.69, 9.17) is 5.73 Å². The monoisotopic (exact) mass is 254 g/mol. The zero-order valence-electron chi connectivity index (χ0n) is 10.2. The third-order valence-electron chi connectivity index (χ3n) is 3.04. The summed E-state index contributed by atoms with van der Waals surface area (Å²) in [6.45, 7) is 2.02. The summed E-state index contributed by atoms with van der Waals surface area (Å²) in [5.41, 5.74) is 10.2. The van der Waals surface area contributed by atoms with Crippen molar-refractivity contribution in [2.24, 2.45) is 0 Å². The number of nitrogen functional groups attached to an aromatic ring is 1. The number of aromatic nitrogens is 1. The molecule has 90 valence electrons. The van der Waals surface area contributed by atoms with Crippen LogP contribution in [-0.2, 0) is 6.42 Å². The van der Waals surface area contributed by atoms with E-state index in [0.717, 1.165) is 28.2 Å². The molecule has 1 heterocycles.